The number of hydrogen-bond donors (Lipinski definition) is 0. The summed E-state index contributed by atoms with van der Waals surface area (Å²) >= 11 is 1.77. The van der Waals surface area contributed by atoms with E-state index in [1.165, 1.54) is 16.0 Å². The Bertz CT molecular complexity index is 1150. The molecule has 0 bridgehead atoms. The van der Waals surface area contributed by atoms with Gasteiger partial charge in [-0.1, -0.05) is 36.4 Å². The van der Waals surface area contributed by atoms with Crippen molar-refractivity contribution in [3.05, 3.63) is 88.1 Å². The van der Waals surface area contributed by atoms with Crippen molar-refractivity contribution in [1.29, 1.82) is 0 Å². The molecule has 0 aliphatic carbocycles. The van der Waals surface area contributed by atoms with Gasteiger partial charge < -0.3 is 13.9 Å². The molecule has 6 heteroatoms. The Balaban J connectivity index is 1.49. The number of ether oxygens (including phenoxy) is 2. The number of benzene rings is 2. The van der Waals surface area contributed by atoms with Gasteiger partial charge in [-0.05, 0) is 41.1 Å². The summed E-state index contributed by atoms with van der Waals surface area (Å²) in [7, 11) is 3.37. The first kappa shape index (κ1) is 19.8. The van der Waals surface area contributed by atoms with Gasteiger partial charge in [-0.25, -0.2) is 4.98 Å². The lowest BCUT2D eigenvalue weighted by Gasteiger charge is -2.36. The topological polar surface area (TPSA) is 47.7 Å². The van der Waals surface area contributed by atoms with Crippen LogP contribution in [0, 0.1) is 0 Å². The molecule has 0 fully saturated rings. The van der Waals surface area contributed by atoms with Gasteiger partial charge in [0.2, 0.25) is 5.89 Å². The fourth-order valence-electron chi connectivity index (χ4n) is 4.24. The monoisotopic (exact) mass is 432 g/mol. The molecule has 0 N–H and O–H groups in total. The Kier molecular flexibility index (Phi) is 5.49. The van der Waals surface area contributed by atoms with Crippen LogP contribution in [0.2, 0.25) is 0 Å². The molecule has 158 valence electrons. The van der Waals surface area contributed by atoms with Gasteiger partial charge in [-0.3, -0.25) is 4.90 Å². The first-order valence-electron chi connectivity index (χ1n) is 10.3. The summed E-state index contributed by atoms with van der Waals surface area (Å²) in [5.41, 5.74) is 3.59. The molecule has 2 aromatic carbocycles. The molecule has 0 amide bonds. The quantitative estimate of drug-likeness (QED) is 0.399. The van der Waals surface area contributed by atoms with E-state index in [9.17, 15) is 0 Å². The predicted octanol–water partition coefficient (Wildman–Crippen LogP) is 5.57. The van der Waals surface area contributed by atoms with E-state index in [4.69, 9.17) is 13.9 Å². The molecule has 5 rings (SSSR count). The summed E-state index contributed by atoms with van der Waals surface area (Å²) in [6, 6.07) is 18.7. The summed E-state index contributed by atoms with van der Waals surface area (Å²) in [6.45, 7) is 1.55. The predicted molar refractivity (Wildman–Crippen MR) is 122 cm³/mol. The van der Waals surface area contributed by atoms with E-state index in [-0.39, 0.29) is 6.04 Å². The fraction of sp³-hybridized carbons (Fsp3) is 0.240. The average molecular weight is 433 g/mol. The molecule has 1 unspecified atom stereocenters. The molecule has 0 saturated heterocycles. The number of thiophene rings is 1. The summed E-state index contributed by atoms with van der Waals surface area (Å²) < 4.78 is 17.3. The lowest BCUT2D eigenvalue weighted by molar-refractivity contribution is 0.187. The summed E-state index contributed by atoms with van der Waals surface area (Å²) in [4.78, 5) is 8.30. The van der Waals surface area contributed by atoms with Gasteiger partial charge in [0.15, 0.2) is 17.3 Å². The average Bonchev–Trinajstić information content (AvgIpc) is 3.51. The normalized spacial score (nSPS) is 16.1. The van der Waals surface area contributed by atoms with Crippen LogP contribution in [0.3, 0.4) is 0 Å². The molecular formula is C25H24N2O3S. The van der Waals surface area contributed by atoms with Crippen LogP contribution in [-0.4, -0.2) is 30.6 Å². The number of rotatable bonds is 6. The molecule has 0 radical (unpaired) electrons. The molecule has 4 aromatic rings. The maximum atomic E-state index is 6.11. The van der Waals surface area contributed by atoms with Crippen LogP contribution in [0.4, 0.5) is 0 Å². The van der Waals surface area contributed by atoms with Gasteiger partial charge >= 0.3 is 0 Å². The van der Waals surface area contributed by atoms with E-state index in [1.807, 2.05) is 36.5 Å². The lowest BCUT2D eigenvalue weighted by Crippen LogP contribution is -2.35. The first-order chi connectivity index (χ1) is 15.3. The Morgan fingerprint density at radius 3 is 2.61 bits per heavy atom. The van der Waals surface area contributed by atoms with Crippen LogP contribution < -0.4 is 9.47 Å². The van der Waals surface area contributed by atoms with E-state index in [0.717, 1.165) is 41.7 Å². The van der Waals surface area contributed by atoms with Crippen molar-refractivity contribution in [2.75, 3.05) is 20.8 Å². The Morgan fingerprint density at radius 2 is 1.87 bits per heavy atom. The van der Waals surface area contributed by atoms with Gasteiger partial charge in [-0.15, -0.1) is 11.3 Å². The largest absolute Gasteiger partial charge is 0.493 e. The van der Waals surface area contributed by atoms with Crippen molar-refractivity contribution in [1.82, 2.24) is 9.88 Å². The zero-order valence-electron chi connectivity index (χ0n) is 17.6. The van der Waals surface area contributed by atoms with Crippen LogP contribution >= 0.6 is 11.3 Å². The van der Waals surface area contributed by atoms with Crippen molar-refractivity contribution in [2.24, 2.45) is 0 Å². The lowest BCUT2D eigenvalue weighted by atomic mass is 9.91. The minimum absolute atomic E-state index is 0.121. The molecule has 0 spiro atoms. The standard InChI is InChI=1S/C25H24N2O3S/c1-28-20-13-18-10-11-27(16-24-26-15-22(30-24)17-7-4-3-5-8-17)25(23-9-6-12-31-23)19(18)14-21(20)29-2/h3-9,12-15,25H,10-11,16H2,1-2H3. The minimum atomic E-state index is 0.121. The maximum absolute atomic E-state index is 6.11. The minimum Gasteiger partial charge on any atom is -0.493 e. The van der Waals surface area contributed by atoms with E-state index in [0.29, 0.717) is 6.54 Å². The zero-order valence-corrected chi connectivity index (χ0v) is 18.4. The van der Waals surface area contributed by atoms with E-state index >= 15 is 0 Å². The highest BCUT2D eigenvalue weighted by Gasteiger charge is 2.32. The Hall–Kier alpha value is -3.09. The summed E-state index contributed by atoms with van der Waals surface area (Å²) in [5.74, 6) is 3.06. The van der Waals surface area contributed by atoms with Gasteiger partial charge in [0.1, 0.15) is 0 Å². The smallest absolute Gasteiger partial charge is 0.209 e. The second-order valence-corrected chi connectivity index (χ2v) is 8.51. The van der Waals surface area contributed by atoms with Gasteiger partial charge in [-0.2, -0.15) is 0 Å². The van der Waals surface area contributed by atoms with Crippen molar-refractivity contribution in [3.63, 3.8) is 0 Å². The Morgan fingerprint density at radius 1 is 1.06 bits per heavy atom. The number of methoxy groups -OCH3 is 2. The summed E-state index contributed by atoms with van der Waals surface area (Å²) in [5, 5.41) is 2.13. The third-order valence-corrected chi connectivity index (χ3v) is 6.66. The summed E-state index contributed by atoms with van der Waals surface area (Å²) in [6.07, 6.45) is 2.75. The third-order valence-electron chi connectivity index (χ3n) is 5.74. The number of hydrogen-bond acceptors (Lipinski definition) is 6. The van der Waals surface area contributed by atoms with E-state index in [1.54, 1.807) is 25.6 Å². The highest BCUT2D eigenvalue weighted by Crippen LogP contribution is 2.42. The van der Waals surface area contributed by atoms with Crippen molar-refractivity contribution in [2.45, 2.75) is 19.0 Å². The molecule has 3 heterocycles. The fourth-order valence-corrected chi connectivity index (χ4v) is 5.12. The molecule has 0 saturated carbocycles. The first-order valence-corrected chi connectivity index (χ1v) is 11.2. The van der Waals surface area contributed by atoms with E-state index in [2.05, 4.69) is 39.5 Å². The molecule has 1 aliphatic rings. The van der Waals surface area contributed by atoms with Crippen LogP contribution in [0.1, 0.15) is 27.9 Å². The van der Waals surface area contributed by atoms with Gasteiger partial charge in [0.25, 0.3) is 0 Å². The van der Waals surface area contributed by atoms with Crippen molar-refractivity contribution < 1.29 is 13.9 Å². The van der Waals surface area contributed by atoms with Gasteiger partial charge in [0, 0.05) is 17.0 Å². The molecule has 2 aromatic heterocycles. The SMILES string of the molecule is COc1cc2c(cc1OC)C(c1cccs1)N(Cc1ncc(-c3ccccc3)o1)CC2. The van der Waals surface area contributed by atoms with Gasteiger partial charge in [0.05, 0.1) is 33.0 Å². The second-order valence-electron chi connectivity index (χ2n) is 7.53. The maximum Gasteiger partial charge on any atom is 0.209 e. The van der Waals surface area contributed by atoms with Crippen LogP contribution in [0.25, 0.3) is 11.3 Å². The molecule has 1 aliphatic heterocycles. The highest BCUT2D eigenvalue weighted by molar-refractivity contribution is 7.10. The van der Waals surface area contributed by atoms with Crippen LogP contribution in [-0.2, 0) is 13.0 Å². The highest BCUT2D eigenvalue weighted by atomic mass is 32.1. The van der Waals surface area contributed by atoms with Crippen LogP contribution in [0.5, 0.6) is 11.5 Å². The third kappa shape index (κ3) is 3.84. The molecular weight excluding hydrogens is 408 g/mol. The molecule has 31 heavy (non-hydrogen) atoms. The number of nitrogens with zero attached hydrogens (tertiary/aromatic N) is 2. The number of fused-ring (bicyclic) bond motifs is 1. The van der Waals surface area contributed by atoms with Crippen LogP contribution in [0.15, 0.2) is 70.6 Å². The molecule has 1 atom stereocenters. The number of oxazole rings is 1. The van der Waals surface area contributed by atoms with E-state index < -0.39 is 0 Å². The molecule has 5 nitrogen and oxygen atoms in total. The van der Waals surface area contributed by atoms with Crippen molar-refractivity contribution in [3.8, 4) is 22.8 Å². The Labute approximate surface area is 185 Å². The zero-order chi connectivity index (χ0) is 21.2. The second kappa shape index (κ2) is 8.57. The number of aromatic nitrogens is 1. The van der Waals surface area contributed by atoms with Crippen molar-refractivity contribution >= 4 is 11.3 Å².